The van der Waals surface area contributed by atoms with E-state index in [1.54, 1.807) is 23.9 Å². The zero-order valence-electron chi connectivity index (χ0n) is 13.5. The first-order chi connectivity index (χ1) is 11.6. The first-order valence-electron chi connectivity index (χ1n) is 7.85. The van der Waals surface area contributed by atoms with Crippen molar-refractivity contribution >= 4 is 22.9 Å². The summed E-state index contributed by atoms with van der Waals surface area (Å²) >= 11 is 1.65. The highest BCUT2D eigenvalue weighted by molar-refractivity contribution is 7.98. The predicted octanol–water partition coefficient (Wildman–Crippen LogP) is 6.18. The van der Waals surface area contributed by atoms with Crippen molar-refractivity contribution in [2.45, 2.75) is 17.7 Å². The van der Waals surface area contributed by atoms with Crippen LogP contribution in [0.1, 0.15) is 24.0 Å². The zero-order chi connectivity index (χ0) is 17.2. The van der Waals surface area contributed by atoms with Crippen molar-refractivity contribution in [3.05, 3.63) is 65.5 Å². The lowest BCUT2D eigenvalue weighted by molar-refractivity contribution is 0.170. The highest BCUT2D eigenvalue weighted by Gasteiger charge is 2.40. The fraction of sp³-hybridized carbons (Fsp3) is 0.300. The third-order valence-corrected chi connectivity index (χ3v) is 5.41. The van der Waals surface area contributed by atoms with Gasteiger partial charge in [0, 0.05) is 10.3 Å². The van der Waals surface area contributed by atoms with E-state index in [2.05, 4.69) is 0 Å². The van der Waals surface area contributed by atoms with E-state index in [1.807, 2.05) is 30.5 Å². The number of hydrogen-bond donors (Lipinski definition) is 0. The maximum absolute atomic E-state index is 13.6. The molecule has 2 aromatic rings. The van der Waals surface area contributed by atoms with Crippen LogP contribution >= 0.6 is 11.8 Å². The molecular weight excluding hydrogens is 329 g/mol. The highest BCUT2D eigenvalue weighted by atomic mass is 32.2. The second-order valence-electron chi connectivity index (χ2n) is 6.31. The molecule has 0 nitrogen and oxygen atoms in total. The summed E-state index contributed by atoms with van der Waals surface area (Å²) in [7, 11) is 0. The standard InChI is InChI=1S/C20H19F3S/c1-24-17-8-4-15(5-9-17)19-11-20(12-21,13-22)10-18(19)14-2-6-16(23)7-3-14/h2-9H,10-13H2,1H3. The number of hydrogen-bond acceptors (Lipinski definition) is 1. The summed E-state index contributed by atoms with van der Waals surface area (Å²) in [6.45, 7) is -1.39. The third-order valence-electron chi connectivity index (χ3n) is 4.67. The lowest BCUT2D eigenvalue weighted by Crippen LogP contribution is -2.22. The Hall–Kier alpha value is -1.68. The van der Waals surface area contributed by atoms with Crippen LogP contribution in [0.3, 0.4) is 0 Å². The lowest BCUT2D eigenvalue weighted by Gasteiger charge is -2.22. The molecule has 0 unspecified atom stereocenters. The molecule has 4 heteroatoms. The van der Waals surface area contributed by atoms with E-state index in [0.717, 1.165) is 27.2 Å². The summed E-state index contributed by atoms with van der Waals surface area (Å²) in [5, 5.41) is 0. The molecule has 0 saturated carbocycles. The van der Waals surface area contributed by atoms with Gasteiger partial charge in [0.2, 0.25) is 0 Å². The molecule has 24 heavy (non-hydrogen) atoms. The molecule has 0 radical (unpaired) electrons. The Bertz CT molecular complexity index is 728. The second kappa shape index (κ2) is 7.06. The van der Waals surface area contributed by atoms with E-state index in [1.165, 1.54) is 12.1 Å². The Kier molecular flexibility index (Phi) is 5.04. The first-order valence-corrected chi connectivity index (χ1v) is 9.07. The van der Waals surface area contributed by atoms with E-state index >= 15 is 0 Å². The van der Waals surface area contributed by atoms with E-state index in [-0.39, 0.29) is 5.82 Å². The number of halogens is 3. The van der Waals surface area contributed by atoms with Crippen molar-refractivity contribution in [2.75, 3.05) is 19.6 Å². The van der Waals surface area contributed by atoms with Crippen LogP contribution in [0.5, 0.6) is 0 Å². The number of alkyl halides is 2. The molecule has 0 atom stereocenters. The van der Waals surface area contributed by atoms with E-state index in [0.29, 0.717) is 12.8 Å². The fourth-order valence-electron chi connectivity index (χ4n) is 3.25. The van der Waals surface area contributed by atoms with Gasteiger partial charge in [-0.05, 0) is 65.6 Å². The van der Waals surface area contributed by atoms with Gasteiger partial charge in [-0.25, -0.2) is 4.39 Å². The Morgan fingerprint density at radius 3 is 1.71 bits per heavy atom. The van der Waals surface area contributed by atoms with Crippen LogP contribution in [0, 0.1) is 11.2 Å². The SMILES string of the molecule is CSc1ccc(C2=C(c3ccc(F)cc3)CC(CF)(CF)C2)cc1. The molecule has 0 saturated heterocycles. The van der Waals surface area contributed by atoms with Crippen LogP contribution in [0.25, 0.3) is 11.1 Å². The smallest absolute Gasteiger partial charge is 0.123 e. The second-order valence-corrected chi connectivity index (χ2v) is 7.19. The van der Waals surface area contributed by atoms with Gasteiger partial charge in [0.25, 0.3) is 0 Å². The van der Waals surface area contributed by atoms with Gasteiger partial charge in [-0.3, -0.25) is 8.78 Å². The molecule has 1 aliphatic rings. The summed E-state index contributed by atoms with van der Waals surface area (Å²) in [5.74, 6) is -0.314. The Morgan fingerprint density at radius 1 is 0.833 bits per heavy atom. The van der Waals surface area contributed by atoms with Gasteiger partial charge in [-0.2, -0.15) is 0 Å². The number of allylic oxidation sites excluding steroid dienone is 2. The van der Waals surface area contributed by atoms with Gasteiger partial charge >= 0.3 is 0 Å². The Labute approximate surface area is 144 Å². The zero-order valence-corrected chi connectivity index (χ0v) is 14.3. The summed E-state index contributed by atoms with van der Waals surface area (Å²) in [6, 6.07) is 14.2. The van der Waals surface area contributed by atoms with Crippen LogP contribution in [0.4, 0.5) is 13.2 Å². The summed E-state index contributed by atoms with van der Waals surface area (Å²) in [5.41, 5.74) is 2.71. The Morgan fingerprint density at radius 2 is 1.29 bits per heavy atom. The average molecular weight is 348 g/mol. The molecule has 0 aliphatic heterocycles. The molecule has 126 valence electrons. The molecule has 2 aromatic carbocycles. The molecule has 0 spiro atoms. The van der Waals surface area contributed by atoms with Gasteiger partial charge in [0.1, 0.15) is 5.82 Å². The minimum Gasteiger partial charge on any atom is -0.250 e. The van der Waals surface area contributed by atoms with Crippen LogP contribution in [0.15, 0.2) is 53.4 Å². The monoisotopic (exact) mass is 348 g/mol. The van der Waals surface area contributed by atoms with Crippen molar-refractivity contribution in [2.24, 2.45) is 5.41 Å². The molecule has 1 aliphatic carbocycles. The van der Waals surface area contributed by atoms with Crippen molar-refractivity contribution in [3.8, 4) is 0 Å². The van der Waals surface area contributed by atoms with E-state index in [9.17, 15) is 13.2 Å². The minimum absolute atomic E-state index is 0.314. The molecule has 0 heterocycles. The van der Waals surface area contributed by atoms with Crippen molar-refractivity contribution in [1.82, 2.24) is 0 Å². The van der Waals surface area contributed by atoms with Crippen molar-refractivity contribution in [3.63, 3.8) is 0 Å². The largest absolute Gasteiger partial charge is 0.250 e. The van der Waals surface area contributed by atoms with Crippen molar-refractivity contribution in [1.29, 1.82) is 0 Å². The topological polar surface area (TPSA) is 0 Å². The van der Waals surface area contributed by atoms with Gasteiger partial charge in [-0.1, -0.05) is 24.3 Å². The highest BCUT2D eigenvalue weighted by Crippen LogP contribution is 2.50. The maximum Gasteiger partial charge on any atom is 0.123 e. The van der Waals surface area contributed by atoms with E-state index < -0.39 is 18.8 Å². The number of rotatable bonds is 5. The third kappa shape index (κ3) is 3.25. The van der Waals surface area contributed by atoms with Gasteiger partial charge in [-0.15, -0.1) is 11.8 Å². The van der Waals surface area contributed by atoms with Crippen LogP contribution in [0.2, 0.25) is 0 Å². The summed E-state index contributed by atoms with van der Waals surface area (Å²) < 4.78 is 40.4. The average Bonchev–Trinajstić information content (AvgIpc) is 3.03. The molecule has 3 rings (SSSR count). The summed E-state index contributed by atoms with van der Waals surface area (Å²) in [6.07, 6.45) is 2.71. The molecule has 0 bridgehead atoms. The van der Waals surface area contributed by atoms with Gasteiger partial charge < -0.3 is 0 Å². The number of thioether (sulfide) groups is 1. The quantitative estimate of drug-likeness (QED) is 0.582. The minimum atomic E-state index is -0.989. The molecular formula is C20H19F3S. The van der Waals surface area contributed by atoms with Gasteiger partial charge in [0.05, 0.1) is 13.3 Å². The van der Waals surface area contributed by atoms with Gasteiger partial charge in [0.15, 0.2) is 0 Å². The van der Waals surface area contributed by atoms with Crippen LogP contribution in [-0.2, 0) is 0 Å². The first kappa shape index (κ1) is 17.2. The summed E-state index contributed by atoms with van der Waals surface area (Å²) in [4.78, 5) is 1.14. The van der Waals surface area contributed by atoms with Crippen LogP contribution in [-0.4, -0.2) is 19.6 Å². The van der Waals surface area contributed by atoms with E-state index in [4.69, 9.17) is 0 Å². The Balaban J connectivity index is 2.06. The molecule has 0 aromatic heterocycles. The molecule has 0 fully saturated rings. The van der Waals surface area contributed by atoms with Crippen molar-refractivity contribution < 1.29 is 13.2 Å². The fourth-order valence-corrected chi connectivity index (χ4v) is 3.65. The number of benzene rings is 2. The lowest BCUT2D eigenvalue weighted by atomic mass is 9.85. The molecule has 0 amide bonds. The predicted molar refractivity (Wildman–Crippen MR) is 95.1 cm³/mol. The molecule has 0 N–H and O–H groups in total. The van der Waals surface area contributed by atoms with Crippen LogP contribution < -0.4 is 0 Å². The normalized spacial score (nSPS) is 16.7. The maximum atomic E-state index is 13.6.